The van der Waals surface area contributed by atoms with Gasteiger partial charge in [-0.05, 0) is 77.7 Å². The molecule has 2 aromatic rings. The van der Waals surface area contributed by atoms with E-state index < -0.39 is 72.1 Å². The molecule has 3 rings (SSSR count). The van der Waals surface area contributed by atoms with E-state index >= 15 is 0 Å². The van der Waals surface area contributed by atoms with E-state index in [0.717, 1.165) is 11.1 Å². The normalized spacial score (nSPS) is 16.0. The van der Waals surface area contributed by atoms with Crippen LogP contribution >= 0.6 is 0 Å². The fourth-order valence-corrected chi connectivity index (χ4v) is 9.39. The van der Waals surface area contributed by atoms with Gasteiger partial charge in [0.2, 0.25) is 0 Å². The van der Waals surface area contributed by atoms with Gasteiger partial charge in [0.1, 0.15) is 38.1 Å². The molecule has 392 valence electrons. The molecule has 1 N–H and O–H groups in total. The van der Waals surface area contributed by atoms with Gasteiger partial charge in [0.15, 0.2) is 8.32 Å². The van der Waals surface area contributed by atoms with Crippen molar-refractivity contribution in [3.05, 3.63) is 71.8 Å². The standard InChI is InChI=1S/C47H69NO13Si.6CH4/c1-12-45(6,32-46(7,42(53)55-8)31-44(4,5)41(52)58-28-26-57-40(51)33(2)3)43(54)59-27-25-56-38(49)23-24-39(50)60-36-29-37(48-30-36)47(61-62(9,10)11,34-19-15-13-16-20-34)35-21-17-14-18-22-35;;;;;;/h13-22,33,36-37,48H,12,23-32H2,1-11H3;6*1H4/t36-,37+,45?,46?;;;;;;/m1....../s1. The largest absolute Gasteiger partial charge is 0.469 e. The van der Waals surface area contributed by atoms with Crippen LogP contribution in [0.25, 0.3) is 0 Å². The Morgan fingerprint density at radius 2 is 1.12 bits per heavy atom. The highest BCUT2D eigenvalue weighted by atomic mass is 28.4. The van der Waals surface area contributed by atoms with E-state index in [-0.39, 0.29) is 115 Å². The predicted octanol–water partition coefficient (Wildman–Crippen LogP) is 10.9. The van der Waals surface area contributed by atoms with Crippen molar-refractivity contribution in [3.63, 3.8) is 0 Å². The van der Waals surface area contributed by atoms with Crippen molar-refractivity contribution in [3.8, 4) is 0 Å². The summed E-state index contributed by atoms with van der Waals surface area (Å²) in [5.74, 6) is -3.76. The zero-order valence-electron chi connectivity index (χ0n) is 38.6. The molecular formula is C53H93NO13Si. The van der Waals surface area contributed by atoms with Crippen LogP contribution in [0.4, 0.5) is 0 Å². The van der Waals surface area contributed by atoms with Crippen molar-refractivity contribution in [2.24, 2.45) is 22.2 Å². The maximum absolute atomic E-state index is 13.5. The Bertz CT molecular complexity index is 1780. The minimum absolute atomic E-state index is 0. The number of hydrogen-bond acceptors (Lipinski definition) is 14. The van der Waals surface area contributed by atoms with Gasteiger partial charge < -0.3 is 38.2 Å². The lowest BCUT2D eigenvalue weighted by atomic mass is 9.65. The van der Waals surface area contributed by atoms with E-state index in [0.29, 0.717) is 13.0 Å². The monoisotopic (exact) mass is 980 g/mol. The fraction of sp³-hybridized carbons (Fsp3) is 0.660. The number of nitrogens with one attached hydrogen (secondary N) is 1. The number of rotatable bonds is 24. The molecule has 0 aliphatic carbocycles. The second-order valence-electron chi connectivity index (χ2n) is 18.5. The van der Waals surface area contributed by atoms with Gasteiger partial charge in [0, 0.05) is 19.0 Å². The number of carbonyl (C=O) groups is 6. The Hall–Kier alpha value is -4.60. The number of methoxy groups -OCH3 is 1. The summed E-state index contributed by atoms with van der Waals surface area (Å²) in [6, 6.07) is 20.0. The maximum atomic E-state index is 13.5. The van der Waals surface area contributed by atoms with Gasteiger partial charge in [-0.2, -0.15) is 0 Å². The summed E-state index contributed by atoms with van der Waals surface area (Å²) in [5, 5.41) is 3.58. The lowest BCUT2D eigenvalue weighted by Gasteiger charge is -2.44. The second-order valence-corrected chi connectivity index (χ2v) is 22.9. The van der Waals surface area contributed by atoms with Crippen LogP contribution in [0, 0.1) is 22.2 Å². The van der Waals surface area contributed by atoms with Crippen molar-refractivity contribution in [2.45, 2.75) is 169 Å². The summed E-state index contributed by atoms with van der Waals surface area (Å²) in [6.07, 6.45) is -0.117. The van der Waals surface area contributed by atoms with Crippen molar-refractivity contribution < 1.29 is 61.6 Å². The summed E-state index contributed by atoms with van der Waals surface area (Å²) in [4.78, 5) is 77.1. The Labute approximate surface area is 412 Å². The van der Waals surface area contributed by atoms with Crippen LogP contribution in [0.3, 0.4) is 0 Å². The van der Waals surface area contributed by atoms with Gasteiger partial charge >= 0.3 is 35.8 Å². The minimum atomic E-state index is -2.14. The van der Waals surface area contributed by atoms with E-state index in [4.69, 9.17) is 32.8 Å². The Morgan fingerprint density at radius 3 is 1.59 bits per heavy atom. The highest BCUT2D eigenvalue weighted by molar-refractivity contribution is 6.69. The molecule has 1 saturated heterocycles. The van der Waals surface area contributed by atoms with Gasteiger partial charge in [-0.1, -0.05) is 126 Å². The average molecular weight is 980 g/mol. The zero-order chi connectivity index (χ0) is 46.4. The van der Waals surface area contributed by atoms with Gasteiger partial charge in [-0.15, -0.1) is 0 Å². The molecule has 2 unspecified atom stereocenters. The highest BCUT2D eigenvalue weighted by Crippen LogP contribution is 2.46. The molecule has 2 aromatic carbocycles. The summed E-state index contributed by atoms with van der Waals surface area (Å²) in [7, 11) is -0.905. The third kappa shape index (κ3) is 19.8. The van der Waals surface area contributed by atoms with E-state index in [1.54, 1.807) is 48.5 Å². The Balaban J connectivity index is -0.00000341. The van der Waals surface area contributed by atoms with Gasteiger partial charge in [-0.3, -0.25) is 28.8 Å². The molecule has 1 aliphatic rings. The van der Waals surface area contributed by atoms with Crippen LogP contribution in [0.1, 0.15) is 143 Å². The number of carbonyl (C=O) groups excluding carboxylic acids is 6. The van der Waals surface area contributed by atoms with E-state index in [1.807, 2.05) is 36.4 Å². The smallest absolute Gasteiger partial charge is 0.311 e. The molecular weight excluding hydrogens is 887 g/mol. The van der Waals surface area contributed by atoms with Crippen LogP contribution in [0.15, 0.2) is 60.7 Å². The molecule has 4 atom stereocenters. The fourth-order valence-electron chi connectivity index (χ4n) is 8.04. The lowest BCUT2D eigenvalue weighted by Crippen LogP contribution is -2.53. The predicted molar refractivity (Wildman–Crippen MR) is 274 cm³/mol. The first-order valence-electron chi connectivity index (χ1n) is 21.5. The molecule has 1 heterocycles. The summed E-state index contributed by atoms with van der Waals surface area (Å²) in [6.45, 7) is 17.8. The van der Waals surface area contributed by atoms with Crippen LogP contribution in [0.5, 0.6) is 0 Å². The molecule has 15 heteroatoms. The van der Waals surface area contributed by atoms with Crippen LogP contribution in [-0.4, -0.2) is 96.4 Å². The topological polar surface area (TPSA) is 179 Å². The molecule has 0 spiro atoms. The van der Waals surface area contributed by atoms with Gasteiger partial charge in [0.05, 0.1) is 42.1 Å². The molecule has 14 nitrogen and oxygen atoms in total. The number of esters is 6. The molecule has 0 aromatic heterocycles. The number of hydrogen-bond donors (Lipinski definition) is 1. The third-order valence-electron chi connectivity index (χ3n) is 11.0. The Kier molecular flexibility index (Phi) is 31.7. The average Bonchev–Trinajstić information content (AvgIpc) is 3.70. The molecule has 1 fully saturated rings. The van der Waals surface area contributed by atoms with E-state index in [1.165, 1.54) is 7.11 Å². The van der Waals surface area contributed by atoms with Crippen molar-refractivity contribution in [2.75, 3.05) is 40.1 Å². The quantitative estimate of drug-likeness (QED) is 0.0454. The third-order valence-corrected chi connectivity index (χ3v) is 11.9. The lowest BCUT2D eigenvalue weighted by molar-refractivity contribution is -0.170. The first-order valence-corrected chi connectivity index (χ1v) is 24.9. The molecule has 1 aliphatic heterocycles. The van der Waals surface area contributed by atoms with Crippen molar-refractivity contribution >= 4 is 44.1 Å². The number of ether oxygens (including phenoxy) is 6. The first-order chi connectivity index (χ1) is 29.0. The van der Waals surface area contributed by atoms with Crippen LogP contribution in [-0.2, 0) is 67.2 Å². The van der Waals surface area contributed by atoms with Gasteiger partial charge in [-0.25, -0.2) is 0 Å². The molecule has 0 bridgehead atoms. The minimum Gasteiger partial charge on any atom is -0.469 e. The van der Waals surface area contributed by atoms with Crippen molar-refractivity contribution in [1.82, 2.24) is 5.32 Å². The van der Waals surface area contributed by atoms with E-state index in [2.05, 4.69) is 49.2 Å². The summed E-state index contributed by atoms with van der Waals surface area (Å²) < 4.78 is 39.3. The summed E-state index contributed by atoms with van der Waals surface area (Å²) in [5.41, 5.74) is -2.48. The molecule has 0 saturated carbocycles. The molecule has 0 radical (unpaired) electrons. The summed E-state index contributed by atoms with van der Waals surface area (Å²) >= 11 is 0. The second kappa shape index (κ2) is 30.8. The SMILES string of the molecule is C.C.C.C.C.C.CCC(C)(CC(C)(CC(C)(C)C(=O)OCCOC(=O)C(C)C)C(=O)OC)C(=O)OCCOC(=O)CCC(=O)O[C@H]1CN[C@H](C(O[Si](C)(C)C)(c2ccccc2)c2ccccc2)C1. The highest BCUT2D eigenvalue weighted by Gasteiger charge is 2.51. The first kappa shape index (κ1) is 70.0. The van der Waals surface area contributed by atoms with Crippen molar-refractivity contribution in [1.29, 1.82) is 0 Å². The molecule has 0 amide bonds. The van der Waals surface area contributed by atoms with Crippen LogP contribution < -0.4 is 5.32 Å². The Morgan fingerprint density at radius 1 is 0.647 bits per heavy atom. The number of benzene rings is 2. The maximum Gasteiger partial charge on any atom is 0.311 e. The van der Waals surface area contributed by atoms with Crippen LogP contribution in [0.2, 0.25) is 19.6 Å². The van der Waals surface area contributed by atoms with Gasteiger partial charge in [0.25, 0.3) is 0 Å². The molecule has 68 heavy (non-hydrogen) atoms. The zero-order valence-corrected chi connectivity index (χ0v) is 39.6. The van der Waals surface area contributed by atoms with E-state index in [9.17, 15) is 28.8 Å².